The first-order valence-corrected chi connectivity index (χ1v) is 8.13. The molecule has 0 aliphatic rings. The molecule has 0 unspecified atom stereocenters. The van der Waals surface area contributed by atoms with E-state index in [9.17, 15) is 8.42 Å². The summed E-state index contributed by atoms with van der Waals surface area (Å²) in [6.07, 6.45) is 0.647. The summed E-state index contributed by atoms with van der Waals surface area (Å²) >= 11 is 3.24. The van der Waals surface area contributed by atoms with Crippen LogP contribution >= 0.6 is 15.9 Å². The molecule has 0 atom stereocenters. The summed E-state index contributed by atoms with van der Waals surface area (Å²) in [6.45, 7) is 4.18. The van der Waals surface area contributed by atoms with Crippen LogP contribution in [0, 0.1) is 0 Å². The number of hydrogen-bond donors (Lipinski definition) is 0. The molecule has 0 bridgehead atoms. The Morgan fingerprint density at radius 1 is 1.19 bits per heavy atom. The predicted octanol–water partition coefficient (Wildman–Crippen LogP) is 3.37. The Morgan fingerprint density at radius 2 is 1.75 bits per heavy atom. The maximum absolute atomic E-state index is 11.9. The van der Waals surface area contributed by atoms with Crippen LogP contribution in [0.4, 0.5) is 0 Å². The highest BCUT2D eigenvalue weighted by molar-refractivity contribution is 9.09. The van der Waals surface area contributed by atoms with Gasteiger partial charge in [0.2, 0.25) is 0 Å². The highest BCUT2D eigenvalue weighted by atomic mass is 79.9. The standard InChI is InChI=1S/C12H17BrO2S/c1-10(2)11-4-6-12(7-5-11)16(14,15)9-3-8-13/h4-7,10H,3,8-9H2,1-2H3. The summed E-state index contributed by atoms with van der Waals surface area (Å²) in [5.74, 6) is 0.638. The van der Waals surface area contributed by atoms with Crippen LogP contribution in [0.5, 0.6) is 0 Å². The summed E-state index contributed by atoms with van der Waals surface area (Å²) in [5.41, 5.74) is 1.17. The normalized spacial score (nSPS) is 12.0. The zero-order chi connectivity index (χ0) is 12.2. The maximum atomic E-state index is 11.9. The molecule has 0 radical (unpaired) electrons. The first-order chi connectivity index (χ1) is 7.47. The molecule has 2 nitrogen and oxygen atoms in total. The highest BCUT2D eigenvalue weighted by Crippen LogP contribution is 2.18. The van der Waals surface area contributed by atoms with Crippen LogP contribution in [0.1, 0.15) is 31.7 Å². The van der Waals surface area contributed by atoms with Crippen molar-refractivity contribution in [3.63, 3.8) is 0 Å². The molecule has 1 rings (SSSR count). The number of hydrogen-bond acceptors (Lipinski definition) is 2. The Balaban J connectivity index is 2.89. The van der Waals surface area contributed by atoms with Crippen LogP contribution in [0.3, 0.4) is 0 Å². The summed E-state index contributed by atoms with van der Waals surface area (Å²) in [4.78, 5) is 0.429. The van der Waals surface area contributed by atoms with Gasteiger partial charge in [0.15, 0.2) is 9.84 Å². The van der Waals surface area contributed by atoms with Gasteiger partial charge in [-0.1, -0.05) is 41.9 Å². The maximum Gasteiger partial charge on any atom is 0.178 e. The van der Waals surface area contributed by atoms with E-state index in [4.69, 9.17) is 0 Å². The molecule has 0 fully saturated rings. The van der Waals surface area contributed by atoms with Crippen LogP contribution in [-0.2, 0) is 9.84 Å². The van der Waals surface area contributed by atoms with Gasteiger partial charge in [0.05, 0.1) is 10.6 Å². The third-order valence-electron chi connectivity index (χ3n) is 2.45. The molecule has 0 aliphatic heterocycles. The number of alkyl halides is 1. The summed E-state index contributed by atoms with van der Waals surface area (Å²) < 4.78 is 23.7. The van der Waals surface area contributed by atoms with Crippen LogP contribution in [0.25, 0.3) is 0 Å². The van der Waals surface area contributed by atoms with E-state index in [2.05, 4.69) is 29.8 Å². The van der Waals surface area contributed by atoms with Crippen molar-refractivity contribution in [1.29, 1.82) is 0 Å². The van der Waals surface area contributed by atoms with E-state index in [0.29, 0.717) is 17.2 Å². The number of halogens is 1. The average Bonchev–Trinajstić information content (AvgIpc) is 2.26. The van der Waals surface area contributed by atoms with E-state index in [1.807, 2.05) is 12.1 Å². The molecule has 1 aromatic rings. The van der Waals surface area contributed by atoms with Crippen molar-refractivity contribution in [2.75, 3.05) is 11.1 Å². The molecule has 0 amide bonds. The largest absolute Gasteiger partial charge is 0.224 e. The van der Waals surface area contributed by atoms with Gasteiger partial charge >= 0.3 is 0 Å². The van der Waals surface area contributed by atoms with Crippen molar-refractivity contribution in [2.45, 2.75) is 31.1 Å². The Bertz CT molecular complexity index is 421. The molecule has 0 saturated heterocycles. The molecule has 16 heavy (non-hydrogen) atoms. The van der Waals surface area contributed by atoms with Crippen LogP contribution < -0.4 is 0 Å². The first kappa shape index (κ1) is 13.7. The van der Waals surface area contributed by atoms with Gasteiger partial charge in [-0.05, 0) is 30.0 Å². The van der Waals surface area contributed by atoms with Crippen molar-refractivity contribution < 1.29 is 8.42 Å². The topological polar surface area (TPSA) is 34.1 Å². The fourth-order valence-corrected chi connectivity index (χ4v) is 3.38. The molecule has 0 heterocycles. The fraction of sp³-hybridized carbons (Fsp3) is 0.500. The lowest BCUT2D eigenvalue weighted by Crippen LogP contribution is -2.07. The predicted molar refractivity (Wildman–Crippen MR) is 71.0 cm³/mol. The van der Waals surface area contributed by atoms with E-state index in [-0.39, 0.29) is 5.75 Å². The van der Waals surface area contributed by atoms with Crippen LogP contribution in [0.2, 0.25) is 0 Å². The van der Waals surface area contributed by atoms with Gasteiger partial charge in [-0.25, -0.2) is 8.42 Å². The molecule has 1 aromatic carbocycles. The van der Waals surface area contributed by atoms with Gasteiger partial charge in [0, 0.05) is 5.33 Å². The lowest BCUT2D eigenvalue weighted by atomic mass is 10.0. The average molecular weight is 305 g/mol. The minimum atomic E-state index is -3.09. The van der Waals surface area contributed by atoms with E-state index in [1.165, 1.54) is 5.56 Å². The van der Waals surface area contributed by atoms with E-state index < -0.39 is 9.84 Å². The molecule has 4 heteroatoms. The third kappa shape index (κ3) is 3.59. The zero-order valence-electron chi connectivity index (χ0n) is 9.61. The third-order valence-corrected chi connectivity index (χ3v) is 4.83. The molecule has 0 aliphatic carbocycles. The molecular formula is C12H17BrO2S. The summed E-state index contributed by atoms with van der Waals surface area (Å²) in [5, 5.41) is 0.719. The fourth-order valence-electron chi connectivity index (χ4n) is 1.42. The van der Waals surface area contributed by atoms with Gasteiger partial charge in [-0.15, -0.1) is 0 Å². The Labute approximate surface area is 106 Å². The second kappa shape index (κ2) is 5.82. The Kier molecular flexibility index (Phi) is 4.99. The second-order valence-corrected chi connectivity index (χ2v) is 6.99. The minimum Gasteiger partial charge on any atom is -0.224 e. The lowest BCUT2D eigenvalue weighted by Gasteiger charge is -2.07. The zero-order valence-corrected chi connectivity index (χ0v) is 12.0. The van der Waals surface area contributed by atoms with Crippen molar-refractivity contribution in [2.24, 2.45) is 0 Å². The molecular weight excluding hydrogens is 288 g/mol. The van der Waals surface area contributed by atoms with Gasteiger partial charge in [0.1, 0.15) is 0 Å². The van der Waals surface area contributed by atoms with E-state index in [1.54, 1.807) is 12.1 Å². The van der Waals surface area contributed by atoms with Gasteiger partial charge in [-0.2, -0.15) is 0 Å². The van der Waals surface area contributed by atoms with Crippen molar-refractivity contribution in [3.8, 4) is 0 Å². The summed E-state index contributed by atoms with van der Waals surface area (Å²) in [7, 11) is -3.09. The monoisotopic (exact) mass is 304 g/mol. The Morgan fingerprint density at radius 3 is 2.19 bits per heavy atom. The molecule has 0 spiro atoms. The van der Waals surface area contributed by atoms with Gasteiger partial charge < -0.3 is 0 Å². The van der Waals surface area contributed by atoms with Crippen molar-refractivity contribution in [3.05, 3.63) is 29.8 Å². The summed E-state index contributed by atoms with van der Waals surface area (Å²) in [6, 6.07) is 7.20. The highest BCUT2D eigenvalue weighted by Gasteiger charge is 2.13. The molecule has 0 saturated carbocycles. The molecule has 0 aromatic heterocycles. The smallest absolute Gasteiger partial charge is 0.178 e. The van der Waals surface area contributed by atoms with Gasteiger partial charge in [0.25, 0.3) is 0 Å². The minimum absolute atomic E-state index is 0.208. The second-order valence-electron chi connectivity index (χ2n) is 4.09. The molecule has 0 N–H and O–H groups in total. The molecule has 90 valence electrons. The van der Waals surface area contributed by atoms with Crippen LogP contribution in [0.15, 0.2) is 29.2 Å². The Hall–Kier alpha value is -0.350. The number of benzene rings is 1. The lowest BCUT2D eigenvalue weighted by molar-refractivity contribution is 0.595. The quantitative estimate of drug-likeness (QED) is 0.782. The number of rotatable bonds is 5. The SMILES string of the molecule is CC(C)c1ccc(S(=O)(=O)CCCBr)cc1. The number of sulfone groups is 1. The van der Waals surface area contributed by atoms with Crippen molar-refractivity contribution in [1.82, 2.24) is 0 Å². The van der Waals surface area contributed by atoms with Gasteiger partial charge in [-0.3, -0.25) is 0 Å². The van der Waals surface area contributed by atoms with Crippen LogP contribution in [-0.4, -0.2) is 19.5 Å². The van der Waals surface area contributed by atoms with E-state index in [0.717, 1.165) is 5.33 Å². The first-order valence-electron chi connectivity index (χ1n) is 5.36. The van der Waals surface area contributed by atoms with Crippen molar-refractivity contribution >= 4 is 25.8 Å². The van der Waals surface area contributed by atoms with E-state index >= 15 is 0 Å².